The highest BCUT2D eigenvalue weighted by Gasteiger charge is 2.13. The second kappa shape index (κ2) is 5.92. The van der Waals surface area contributed by atoms with E-state index in [0.717, 1.165) is 21.1 Å². The van der Waals surface area contributed by atoms with Crippen molar-refractivity contribution < 1.29 is 19.4 Å². The molecule has 0 fully saturated rings. The van der Waals surface area contributed by atoms with E-state index in [1.165, 1.54) is 11.3 Å². The Labute approximate surface area is 120 Å². The summed E-state index contributed by atoms with van der Waals surface area (Å²) in [6, 6.07) is 5.48. The number of nitrogens with zero attached hydrogens (tertiary/aromatic N) is 1. The molecule has 0 spiro atoms. The minimum absolute atomic E-state index is 0.00932. The van der Waals surface area contributed by atoms with Gasteiger partial charge < -0.3 is 14.6 Å². The number of aliphatic carboxylic acids is 1. The topological polar surface area (TPSA) is 68.7 Å². The van der Waals surface area contributed by atoms with Crippen molar-refractivity contribution in [3.05, 3.63) is 28.8 Å². The van der Waals surface area contributed by atoms with Crippen LogP contribution in [0.4, 0.5) is 0 Å². The second-order valence-electron chi connectivity index (χ2n) is 4.20. The van der Waals surface area contributed by atoms with E-state index in [0.29, 0.717) is 11.5 Å². The van der Waals surface area contributed by atoms with Gasteiger partial charge in [-0.15, -0.1) is 11.3 Å². The first-order valence-corrected chi connectivity index (χ1v) is 6.76. The maximum atomic E-state index is 10.8. The highest BCUT2D eigenvalue weighted by Crippen LogP contribution is 2.33. The molecule has 1 heterocycles. The standard InChI is InChI=1S/C14H15NO4S/c1-8-12(7-13(16)17)20-14(15-8)9-4-10(18-2)6-11(5-9)19-3/h4-6H,7H2,1-3H3,(H,16,17). The van der Waals surface area contributed by atoms with E-state index in [2.05, 4.69) is 4.98 Å². The maximum absolute atomic E-state index is 10.8. The molecule has 0 radical (unpaired) electrons. The summed E-state index contributed by atoms with van der Waals surface area (Å²) in [5.41, 5.74) is 1.60. The molecule has 0 saturated carbocycles. The number of benzene rings is 1. The third-order valence-corrected chi connectivity index (χ3v) is 4.01. The number of hydrogen-bond acceptors (Lipinski definition) is 5. The molecule has 0 aliphatic heterocycles. The normalized spacial score (nSPS) is 10.3. The zero-order chi connectivity index (χ0) is 14.7. The SMILES string of the molecule is COc1cc(OC)cc(-c2nc(C)c(CC(=O)O)s2)c1. The summed E-state index contributed by atoms with van der Waals surface area (Å²) >= 11 is 1.38. The van der Waals surface area contributed by atoms with Crippen LogP contribution in [0.2, 0.25) is 0 Å². The molecule has 106 valence electrons. The van der Waals surface area contributed by atoms with Gasteiger partial charge in [-0.05, 0) is 19.1 Å². The Morgan fingerprint density at radius 1 is 1.25 bits per heavy atom. The van der Waals surface area contributed by atoms with Gasteiger partial charge in [0.05, 0.1) is 26.3 Å². The number of methoxy groups -OCH3 is 2. The molecule has 20 heavy (non-hydrogen) atoms. The van der Waals surface area contributed by atoms with Gasteiger partial charge in [-0.1, -0.05) is 0 Å². The van der Waals surface area contributed by atoms with Crippen LogP contribution >= 0.6 is 11.3 Å². The third-order valence-electron chi connectivity index (χ3n) is 2.80. The molecule has 0 saturated heterocycles. The minimum atomic E-state index is -0.855. The van der Waals surface area contributed by atoms with E-state index in [-0.39, 0.29) is 6.42 Å². The Morgan fingerprint density at radius 3 is 2.35 bits per heavy atom. The number of carboxylic acid groups (broad SMARTS) is 1. The van der Waals surface area contributed by atoms with Gasteiger partial charge in [-0.2, -0.15) is 0 Å². The van der Waals surface area contributed by atoms with Gasteiger partial charge >= 0.3 is 5.97 Å². The molecule has 1 N–H and O–H groups in total. The van der Waals surface area contributed by atoms with Crippen LogP contribution in [0.1, 0.15) is 10.6 Å². The van der Waals surface area contributed by atoms with Crippen molar-refractivity contribution in [3.8, 4) is 22.1 Å². The van der Waals surface area contributed by atoms with Crippen LogP contribution in [0.5, 0.6) is 11.5 Å². The van der Waals surface area contributed by atoms with Gasteiger partial charge in [0.1, 0.15) is 16.5 Å². The van der Waals surface area contributed by atoms with Crippen molar-refractivity contribution >= 4 is 17.3 Å². The molecular weight excluding hydrogens is 278 g/mol. The molecule has 0 unspecified atom stereocenters. The van der Waals surface area contributed by atoms with Crippen LogP contribution in [0, 0.1) is 6.92 Å². The van der Waals surface area contributed by atoms with E-state index in [4.69, 9.17) is 14.6 Å². The Bertz CT molecular complexity index is 614. The summed E-state index contributed by atoms with van der Waals surface area (Å²) in [5.74, 6) is 0.491. The fourth-order valence-electron chi connectivity index (χ4n) is 1.78. The predicted molar refractivity (Wildman–Crippen MR) is 76.7 cm³/mol. The van der Waals surface area contributed by atoms with E-state index in [9.17, 15) is 4.79 Å². The highest BCUT2D eigenvalue weighted by atomic mass is 32.1. The molecule has 6 heteroatoms. The van der Waals surface area contributed by atoms with Crippen LogP contribution in [-0.4, -0.2) is 30.3 Å². The smallest absolute Gasteiger partial charge is 0.308 e. The third kappa shape index (κ3) is 3.08. The Kier molecular flexibility index (Phi) is 4.24. The summed E-state index contributed by atoms with van der Waals surface area (Å²) in [6.07, 6.45) is -0.00932. The first-order valence-electron chi connectivity index (χ1n) is 5.95. The van der Waals surface area contributed by atoms with Crippen molar-refractivity contribution in [1.29, 1.82) is 0 Å². The number of ether oxygens (including phenoxy) is 2. The summed E-state index contributed by atoms with van der Waals surface area (Å²) in [7, 11) is 3.17. The lowest BCUT2D eigenvalue weighted by Gasteiger charge is -2.06. The van der Waals surface area contributed by atoms with E-state index >= 15 is 0 Å². The Balaban J connectivity index is 2.43. The molecule has 0 atom stereocenters. The van der Waals surface area contributed by atoms with Gasteiger partial charge in [0.25, 0.3) is 0 Å². The molecule has 2 aromatic rings. The predicted octanol–water partition coefficient (Wildman–Crippen LogP) is 2.76. The van der Waals surface area contributed by atoms with Gasteiger partial charge in [-0.3, -0.25) is 4.79 Å². The fraction of sp³-hybridized carbons (Fsp3) is 0.286. The van der Waals surface area contributed by atoms with Crippen LogP contribution in [-0.2, 0) is 11.2 Å². The van der Waals surface area contributed by atoms with Crippen LogP contribution in [0.25, 0.3) is 10.6 Å². The average molecular weight is 293 g/mol. The van der Waals surface area contributed by atoms with Gasteiger partial charge in [0.15, 0.2) is 0 Å². The van der Waals surface area contributed by atoms with Gasteiger partial charge in [0, 0.05) is 16.5 Å². The second-order valence-corrected chi connectivity index (χ2v) is 5.28. The lowest BCUT2D eigenvalue weighted by Crippen LogP contribution is -1.99. The molecule has 0 amide bonds. The molecular formula is C14H15NO4S. The first kappa shape index (κ1) is 14.3. The van der Waals surface area contributed by atoms with Crippen molar-refractivity contribution in [2.24, 2.45) is 0 Å². The van der Waals surface area contributed by atoms with Crippen molar-refractivity contribution in [2.45, 2.75) is 13.3 Å². The lowest BCUT2D eigenvalue weighted by atomic mass is 10.2. The molecule has 2 rings (SSSR count). The van der Waals surface area contributed by atoms with Crippen LogP contribution in [0.3, 0.4) is 0 Å². The number of hydrogen-bond donors (Lipinski definition) is 1. The lowest BCUT2D eigenvalue weighted by molar-refractivity contribution is -0.136. The zero-order valence-corrected chi connectivity index (χ0v) is 12.3. The number of thiazole rings is 1. The number of carbonyl (C=O) groups is 1. The van der Waals surface area contributed by atoms with Gasteiger partial charge in [0.2, 0.25) is 0 Å². The van der Waals surface area contributed by atoms with E-state index in [1.54, 1.807) is 20.3 Å². The number of rotatable bonds is 5. The quantitative estimate of drug-likeness (QED) is 0.918. The number of aryl methyl sites for hydroxylation is 1. The molecule has 1 aromatic carbocycles. The average Bonchev–Trinajstić information content (AvgIpc) is 2.79. The van der Waals surface area contributed by atoms with E-state index in [1.807, 2.05) is 19.1 Å². The molecule has 1 aromatic heterocycles. The van der Waals surface area contributed by atoms with E-state index < -0.39 is 5.97 Å². The first-order chi connectivity index (χ1) is 9.53. The largest absolute Gasteiger partial charge is 0.497 e. The molecule has 0 aliphatic carbocycles. The number of carboxylic acids is 1. The minimum Gasteiger partial charge on any atom is -0.497 e. The zero-order valence-electron chi connectivity index (χ0n) is 11.5. The highest BCUT2D eigenvalue weighted by molar-refractivity contribution is 7.15. The summed E-state index contributed by atoms with van der Waals surface area (Å²) in [5, 5.41) is 9.63. The Morgan fingerprint density at radius 2 is 1.85 bits per heavy atom. The maximum Gasteiger partial charge on any atom is 0.308 e. The van der Waals surface area contributed by atoms with Crippen molar-refractivity contribution in [3.63, 3.8) is 0 Å². The monoisotopic (exact) mass is 293 g/mol. The summed E-state index contributed by atoms with van der Waals surface area (Å²) in [6.45, 7) is 1.82. The fourth-order valence-corrected chi connectivity index (χ4v) is 2.82. The van der Waals surface area contributed by atoms with Crippen LogP contribution in [0.15, 0.2) is 18.2 Å². The van der Waals surface area contributed by atoms with Crippen molar-refractivity contribution in [2.75, 3.05) is 14.2 Å². The Hall–Kier alpha value is -2.08. The molecule has 0 aliphatic rings. The number of aromatic nitrogens is 1. The molecule has 5 nitrogen and oxygen atoms in total. The van der Waals surface area contributed by atoms with Crippen LogP contribution < -0.4 is 9.47 Å². The van der Waals surface area contributed by atoms with Gasteiger partial charge in [-0.25, -0.2) is 4.98 Å². The van der Waals surface area contributed by atoms with Crippen molar-refractivity contribution in [1.82, 2.24) is 4.98 Å². The summed E-state index contributed by atoms with van der Waals surface area (Å²) < 4.78 is 10.4. The molecule has 0 bridgehead atoms. The summed E-state index contributed by atoms with van der Waals surface area (Å²) in [4.78, 5) is 16.0.